The van der Waals surface area contributed by atoms with Gasteiger partial charge in [-0.2, -0.15) is 0 Å². The van der Waals surface area contributed by atoms with E-state index in [1.165, 1.54) is 10.4 Å². The van der Waals surface area contributed by atoms with Crippen LogP contribution >= 0.6 is 23.5 Å². The summed E-state index contributed by atoms with van der Waals surface area (Å²) in [5.41, 5.74) is 2.28. The first-order valence-electron chi connectivity index (χ1n) is 8.06. The molecule has 5 rings (SSSR count). The Labute approximate surface area is 149 Å². The normalized spacial score (nSPS) is 22.5. The molecule has 24 heavy (non-hydrogen) atoms. The van der Waals surface area contributed by atoms with Crippen LogP contribution in [0, 0.1) is 0 Å². The number of anilines is 3. The molecule has 1 aliphatic carbocycles. The highest BCUT2D eigenvalue weighted by molar-refractivity contribution is 8.02. The van der Waals surface area contributed by atoms with E-state index < -0.39 is 0 Å². The van der Waals surface area contributed by atoms with Crippen LogP contribution in [0.5, 0.6) is 0 Å². The summed E-state index contributed by atoms with van der Waals surface area (Å²) >= 11 is 3.49. The maximum Gasteiger partial charge on any atom is 0.184 e. The van der Waals surface area contributed by atoms with E-state index in [-0.39, 0.29) is 0 Å². The number of fused-ring (bicyclic) bond motifs is 2. The quantitative estimate of drug-likeness (QED) is 0.712. The van der Waals surface area contributed by atoms with Crippen molar-refractivity contribution in [3.05, 3.63) is 42.6 Å². The first-order chi connectivity index (χ1) is 11.8. The SMILES string of the molecule is CN1SN([C@H]2C[C@H](Nc3nc4ccccc4s3)C2)c2ncccc21. The van der Waals surface area contributed by atoms with E-state index >= 15 is 0 Å². The number of hydrogen-bond donors (Lipinski definition) is 1. The number of para-hydroxylation sites is 1. The van der Waals surface area contributed by atoms with Gasteiger partial charge in [0.2, 0.25) is 0 Å². The van der Waals surface area contributed by atoms with Crippen molar-refractivity contribution in [2.24, 2.45) is 0 Å². The van der Waals surface area contributed by atoms with Crippen molar-refractivity contribution in [3.63, 3.8) is 0 Å². The standard InChI is InChI=1S/C17H17N5S2/c1-21-14-6-4-8-18-16(14)22(24-21)12-9-11(10-12)19-17-20-13-5-2-3-7-15(13)23-17/h2-8,11-12H,9-10H2,1H3,(H,19,20)/t11-,12-. The first-order valence-corrected chi connectivity index (χ1v) is 9.61. The molecule has 3 aromatic rings. The average molecular weight is 355 g/mol. The van der Waals surface area contributed by atoms with Crippen LogP contribution in [-0.2, 0) is 0 Å². The third-order valence-electron chi connectivity index (χ3n) is 4.59. The fraction of sp³-hybridized carbons (Fsp3) is 0.294. The molecule has 0 bridgehead atoms. The molecule has 1 saturated carbocycles. The molecule has 1 N–H and O–H groups in total. The van der Waals surface area contributed by atoms with E-state index in [2.05, 4.69) is 55.2 Å². The number of aromatic nitrogens is 2. The van der Waals surface area contributed by atoms with Crippen LogP contribution in [0.2, 0.25) is 0 Å². The molecule has 1 aromatic carbocycles. The molecule has 1 fully saturated rings. The highest BCUT2D eigenvalue weighted by atomic mass is 32.2. The second-order valence-corrected chi connectivity index (χ2v) is 8.34. The molecule has 7 heteroatoms. The van der Waals surface area contributed by atoms with E-state index in [0.717, 1.165) is 29.3 Å². The zero-order valence-corrected chi connectivity index (χ0v) is 14.8. The molecule has 1 aliphatic heterocycles. The van der Waals surface area contributed by atoms with Crippen molar-refractivity contribution in [2.75, 3.05) is 21.0 Å². The minimum atomic E-state index is 0.495. The van der Waals surface area contributed by atoms with Crippen LogP contribution in [0.1, 0.15) is 12.8 Å². The van der Waals surface area contributed by atoms with Crippen molar-refractivity contribution in [2.45, 2.75) is 24.9 Å². The molecule has 5 nitrogen and oxygen atoms in total. The van der Waals surface area contributed by atoms with Gasteiger partial charge in [-0.1, -0.05) is 23.5 Å². The fourth-order valence-electron chi connectivity index (χ4n) is 3.26. The van der Waals surface area contributed by atoms with Crippen LogP contribution in [0.25, 0.3) is 10.2 Å². The first kappa shape index (κ1) is 14.4. The number of benzene rings is 1. The lowest BCUT2D eigenvalue weighted by Gasteiger charge is -2.40. The molecular weight excluding hydrogens is 338 g/mol. The van der Waals surface area contributed by atoms with E-state index in [0.29, 0.717) is 12.1 Å². The smallest absolute Gasteiger partial charge is 0.184 e. The topological polar surface area (TPSA) is 44.3 Å². The van der Waals surface area contributed by atoms with Gasteiger partial charge < -0.3 is 5.32 Å². The Morgan fingerprint density at radius 3 is 2.92 bits per heavy atom. The van der Waals surface area contributed by atoms with Crippen molar-refractivity contribution in [3.8, 4) is 0 Å². The number of thiazole rings is 1. The lowest BCUT2D eigenvalue weighted by atomic mass is 9.87. The van der Waals surface area contributed by atoms with Gasteiger partial charge in [-0.05, 0) is 37.1 Å². The van der Waals surface area contributed by atoms with Gasteiger partial charge in [0, 0.05) is 25.3 Å². The highest BCUT2D eigenvalue weighted by Crippen LogP contribution is 2.47. The average Bonchev–Trinajstić information content (AvgIpc) is 3.12. The van der Waals surface area contributed by atoms with Crippen LogP contribution in [0.4, 0.5) is 16.6 Å². The third kappa shape index (κ3) is 2.31. The summed E-state index contributed by atoms with van der Waals surface area (Å²) in [6, 6.07) is 13.4. The van der Waals surface area contributed by atoms with Gasteiger partial charge in [0.05, 0.1) is 28.0 Å². The molecule has 0 amide bonds. The van der Waals surface area contributed by atoms with Gasteiger partial charge in [-0.25, -0.2) is 9.97 Å². The second-order valence-electron chi connectivity index (χ2n) is 6.20. The molecule has 3 heterocycles. The van der Waals surface area contributed by atoms with Crippen molar-refractivity contribution >= 4 is 50.3 Å². The summed E-state index contributed by atoms with van der Waals surface area (Å²) < 4.78 is 5.79. The van der Waals surface area contributed by atoms with E-state index in [4.69, 9.17) is 0 Å². The molecule has 2 aromatic heterocycles. The Kier molecular flexibility index (Phi) is 3.31. The second kappa shape index (κ2) is 5.53. The zero-order chi connectivity index (χ0) is 16.1. The number of pyridine rings is 1. The maximum atomic E-state index is 4.67. The molecule has 122 valence electrons. The Morgan fingerprint density at radius 2 is 2.04 bits per heavy atom. The zero-order valence-electron chi connectivity index (χ0n) is 13.2. The summed E-state index contributed by atoms with van der Waals surface area (Å²) in [4.78, 5) is 9.24. The molecular formula is C17H17N5S2. The van der Waals surface area contributed by atoms with Gasteiger partial charge in [0.15, 0.2) is 10.9 Å². The number of hydrogen-bond acceptors (Lipinski definition) is 7. The summed E-state index contributed by atoms with van der Waals surface area (Å²) in [5, 5.41) is 4.63. The van der Waals surface area contributed by atoms with Gasteiger partial charge in [0.1, 0.15) is 0 Å². The Bertz CT molecular complexity index is 856. The van der Waals surface area contributed by atoms with Crippen molar-refractivity contribution in [1.29, 1.82) is 0 Å². The number of nitrogens with zero attached hydrogens (tertiary/aromatic N) is 4. The van der Waals surface area contributed by atoms with Gasteiger partial charge >= 0.3 is 0 Å². The summed E-state index contributed by atoms with van der Waals surface area (Å²) in [5.74, 6) is 1.09. The molecule has 0 spiro atoms. The largest absolute Gasteiger partial charge is 0.359 e. The van der Waals surface area contributed by atoms with E-state index in [1.54, 1.807) is 23.5 Å². The third-order valence-corrected chi connectivity index (χ3v) is 6.65. The van der Waals surface area contributed by atoms with Crippen LogP contribution in [0.15, 0.2) is 42.6 Å². The van der Waals surface area contributed by atoms with E-state index in [9.17, 15) is 0 Å². The molecule has 0 saturated heterocycles. The Balaban J connectivity index is 1.26. The number of nitrogens with one attached hydrogen (secondary N) is 1. The van der Waals surface area contributed by atoms with Gasteiger partial charge in [-0.15, -0.1) is 0 Å². The highest BCUT2D eigenvalue weighted by Gasteiger charge is 2.40. The van der Waals surface area contributed by atoms with Crippen LogP contribution in [-0.4, -0.2) is 29.1 Å². The van der Waals surface area contributed by atoms with Crippen molar-refractivity contribution in [1.82, 2.24) is 9.97 Å². The predicted octanol–water partition coefficient (Wildman–Crippen LogP) is 4.15. The minimum absolute atomic E-state index is 0.495. The summed E-state index contributed by atoms with van der Waals surface area (Å²) in [7, 11) is 2.10. The Morgan fingerprint density at radius 1 is 1.17 bits per heavy atom. The van der Waals surface area contributed by atoms with Gasteiger partial charge in [-0.3, -0.25) is 8.61 Å². The predicted molar refractivity (Wildman–Crippen MR) is 103 cm³/mol. The molecule has 0 unspecified atom stereocenters. The molecule has 0 radical (unpaired) electrons. The molecule has 2 aliphatic rings. The lowest BCUT2D eigenvalue weighted by molar-refractivity contribution is 0.379. The maximum absolute atomic E-state index is 4.67. The van der Waals surface area contributed by atoms with Crippen molar-refractivity contribution < 1.29 is 0 Å². The Hall–Kier alpha value is -1.99. The number of rotatable bonds is 3. The summed E-state index contributed by atoms with van der Waals surface area (Å²) in [6.07, 6.45) is 4.11. The van der Waals surface area contributed by atoms with Crippen LogP contribution in [0.3, 0.4) is 0 Å². The molecule has 0 atom stereocenters. The van der Waals surface area contributed by atoms with E-state index in [1.807, 2.05) is 18.3 Å². The fourth-order valence-corrected chi connectivity index (χ4v) is 5.22. The van der Waals surface area contributed by atoms with Gasteiger partial charge in [0.25, 0.3) is 0 Å². The minimum Gasteiger partial charge on any atom is -0.359 e. The lowest BCUT2D eigenvalue weighted by Crippen LogP contribution is -2.47. The monoisotopic (exact) mass is 355 g/mol. The van der Waals surface area contributed by atoms with Crippen LogP contribution < -0.4 is 13.9 Å². The summed E-state index contributed by atoms with van der Waals surface area (Å²) in [6.45, 7) is 0.